The molecular weight excluding hydrogens is 224 g/mol. The van der Waals surface area contributed by atoms with Gasteiger partial charge in [-0.1, -0.05) is 20.8 Å². The zero-order valence-electron chi connectivity index (χ0n) is 12.3. The molecule has 3 nitrogen and oxygen atoms in total. The first-order chi connectivity index (χ1) is 8.25. The summed E-state index contributed by atoms with van der Waals surface area (Å²) in [6.07, 6.45) is 5.21. The maximum atomic E-state index is 12.0. The Morgan fingerprint density at radius 1 is 1.44 bits per heavy atom. The summed E-state index contributed by atoms with van der Waals surface area (Å²) >= 11 is 0. The van der Waals surface area contributed by atoms with Crippen LogP contribution in [0.25, 0.3) is 0 Å². The van der Waals surface area contributed by atoms with E-state index in [0.717, 1.165) is 12.3 Å². The van der Waals surface area contributed by atoms with Gasteiger partial charge in [0.15, 0.2) is 0 Å². The maximum absolute atomic E-state index is 12.0. The summed E-state index contributed by atoms with van der Waals surface area (Å²) in [5, 5.41) is 3.30. The van der Waals surface area contributed by atoms with Crippen LogP contribution in [0.15, 0.2) is 0 Å². The largest absolute Gasteiger partial charge is 0.352 e. The van der Waals surface area contributed by atoms with Crippen LogP contribution >= 0.6 is 0 Å². The highest BCUT2D eigenvalue weighted by Gasteiger charge is 2.59. The third-order valence-electron chi connectivity index (χ3n) is 5.40. The van der Waals surface area contributed by atoms with Crippen LogP contribution in [-0.4, -0.2) is 18.0 Å². The highest BCUT2D eigenvalue weighted by molar-refractivity contribution is 5.76. The Labute approximate surface area is 111 Å². The van der Waals surface area contributed by atoms with Crippen molar-refractivity contribution < 1.29 is 4.79 Å². The van der Waals surface area contributed by atoms with E-state index in [2.05, 4.69) is 26.1 Å². The first kappa shape index (κ1) is 13.9. The van der Waals surface area contributed by atoms with Crippen LogP contribution in [0.1, 0.15) is 59.8 Å². The van der Waals surface area contributed by atoms with E-state index in [9.17, 15) is 4.79 Å². The first-order valence-corrected chi connectivity index (χ1v) is 7.30. The molecule has 0 spiro atoms. The van der Waals surface area contributed by atoms with Crippen molar-refractivity contribution in [3.63, 3.8) is 0 Å². The molecule has 2 saturated carbocycles. The maximum Gasteiger partial charge on any atom is 0.220 e. The van der Waals surface area contributed by atoms with Crippen LogP contribution in [0.5, 0.6) is 0 Å². The van der Waals surface area contributed by atoms with Gasteiger partial charge >= 0.3 is 0 Å². The van der Waals surface area contributed by atoms with Gasteiger partial charge in [-0.05, 0) is 49.4 Å². The van der Waals surface area contributed by atoms with Gasteiger partial charge in [0.2, 0.25) is 5.91 Å². The molecule has 0 saturated heterocycles. The number of carbonyl (C=O) groups excluding carboxylic acids is 1. The summed E-state index contributed by atoms with van der Waals surface area (Å²) in [4.78, 5) is 12.0. The summed E-state index contributed by atoms with van der Waals surface area (Å²) in [5.41, 5.74) is 6.27. The van der Waals surface area contributed by atoms with Crippen molar-refractivity contribution in [2.24, 2.45) is 22.5 Å². The fourth-order valence-electron chi connectivity index (χ4n) is 4.25. The molecule has 3 heteroatoms. The molecule has 1 amide bonds. The minimum Gasteiger partial charge on any atom is -0.352 e. The second kappa shape index (κ2) is 4.52. The molecule has 0 heterocycles. The monoisotopic (exact) mass is 252 g/mol. The van der Waals surface area contributed by atoms with Crippen LogP contribution in [0.4, 0.5) is 0 Å². The van der Waals surface area contributed by atoms with Crippen LogP contribution in [0.3, 0.4) is 0 Å². The number of amides is 1. The Balaban J connectivity index is 1.98. The van der Waals surface area contributed by atoms with Crippen molar-refractivity contribution in [2.75, 3.05) is 0 Å². The number of carbonyl (C=O) groups is 1. The van der Waals surface area contributed by atoms with Crippen LogP contribution in [0.2, 0.25) is 0 Å². The van der Waals surface area contributed by atoms with Crippen molar-refractivity contribution in [1.29, 1.82) is 0 Å². The quantitative estimate of drug-likeness (QED) is 0.807. The topological polar surface area (TPSA) is 55.1 Å². The molecule has 2 aliphatic rings. The Morgan fingerprint density at radius 2 is 2.11 bits per heavy atom. The van der Waals surface area contributed by atoms with Crippen molar-refractivity contribution >= 4 is 5.91 Å². The van der Waals surface area contributed by atoms with Crippen molar-refractivity contribution in [2.45, 2.75) is 71.9 Å². The van der Waals surface area contributed by atoms with Gasteiger partial charge in [-0.2, -0.15) is 0 Å². The van der Waals surface area contributed by atoms with E-state index < -0.39 is 0 Å². The molecule has 3 N–H and O–H groups in total. The molecular formula is C15H28N2O. The van der Waals surface area contributed by atoms with Crippen LogP contribution < -0.4 is 11.1 Å². The molecule has 2 bridgehead atoms. The van der Waals surface area contributed by atoms with Crippen LogP contribution in [-0.2, 0) is 4.79 Å². The van der Waals surface area contributed by atoms with Gasteiger partial charge in [0.05, 0.1) is 0 Å². The average Bonchev–Trinajstić information content (AvgIpc) is 2.73. The van der Waals surface area contributed by atoms with Gasteiger partial charge < -0.3 is 11.1 Å². The fourth-order valence-corrected chi connectivity index (χ4v) is 4.25. The van der Waals surface area contributed by atoms with Gasteiger partial charge in [-0.3, -0.25) is 4.79 Å². The van der Waals surface area contributed by atoms with Gasteiger partial charge in [-0.15, -0.1) is 0 Å². The van der Waals surface area contributed by atoms with Crippen molar-refractivity contribution in [3.8, 4) is 0 Å². The predicted octanol–water partition coefficient (Wildman–Crippen LogP) is 2.44. The third kappa shape index (κ3) is 2.29. The summed E-state index contributed by atoms with van der Waals surface area (Å²) in [7, 11) is 0. The smallest absolute Gasteiger partial charge is 0.220 e. The normalized spacial score (nSPS) is 38.7. The minimum absolute atomic E-state index is 0.111. The molecule has 0 aromatic carbocycles. The molecule has 0 aromatic rings. The molecule has 4 atom stereocenters. The summed E-state index contributed by atoms with van der Waals surface area (Å²) < 4.78 is 0. The Kier molecular flexibility index (Phi) is 3.48. The molecule has 2 fully saturated rings. The van der Waals surface area contributed by atoms with E-state index in [-0.39, 0.29) is 17.4 Å². The number of rotatable bonds is 4. The molecule has 0 radical (unpaired) electrons. The van der Waals surface area contributed by atoms with E-state index in [4.69, 9.17) is 5.73 Å². The highest BCUT2D eigenvalue weighted by atomic mass is 16.1. The lowest BCUT2D eigenvalue weighted by Crippen LogP contribution is -2.52. The second-order valence-electron chi connectivity index (χ2n) is 7.43. The molecule has 2 aliphatic carbocycles. The fraction of sp³-hybridized carbons (Fsp3) is 0.933. The standard InChI is InChI=1S/C15H28N2O/c1-10(16)5-6-12(18)17-13-14(2,3)11-7-8-15(13,4)9-11/h10-11,13H,5-9,16H2,1-4H3,(H,17,18). The number of nitrogens with one attached hydrogen (secondary N) is 1. The molecule has 18 heavy (non-hydrogen) atoms. The zero-order chi connectivity index (χ0) is 13.6. The number of nitrogens with two attached hydrogens (primary N) is 1. The summed E-state index contributed by atoms with van der Waals surface area (Å²) in [5.74, 6) is 0.959. The first-order valence-electron chi connectivity index (χ1n) is 7.30. The van der Waals surface area contributed by atoms with Gasteiger partial charge in [0, 0.05) is 18.5 Å². The SMILES string of the molecule is CC(N)CCC(=O)NC1C2(C)CCC(C2)C1(C)C. The van der Waals surface area contributed by atoms with Gasteiger partial charge in [0.25, 0.3) is 0 Å². The Morgan fingerprint density at radius 3 is 2.61 bits per heavy atom. The van der Waals surface area contributed by atoms with E-state index >= 15 is 0 Å². The predicted molar refractivity (Wildman–Crippen MR) is 74.0 cm³/mol. The Hall–Kier alpha value is -0.570. The lowest BCUT2D eigenvalue weighted by molar-refractivity contribution is -0.124. The lowest BCUT2D eigenvalue weighted by Gasteiger charge is -2.43. The van der Waals surface area contributed by atoms with E-state index in [1.54, 1.807) is 0 Å². The molecule has 104 valence electrons. The molecule has 2 rings (SSSR count). The van der Waals surface area contributed by atoms with E-state index in [1.807, 2.05) is 6.92 Å². The zero-order valence-corrected chi connectivity index (χ0v) is 12.3. The number of fused-ring (bicyclic) bond motifs is 2. The molecule has 0 aliphatic heterocycles. The van der Waals surface area contributed by atoms with Crippen molar-refractivity contribution in [3.05, 3.63) is 0 Å². The summed E-state index contributed by atoms with van der Waals surface area (Å²) in [6, 6.07) is 0.448. The third-order valence-corrected chi connectivity index (χ3v) is 5.40. The number of hydrogen-bond donors (Lipinski definition) is 2. The second-order valence-corrected chi connectivity index (χ2v) is 7.43. The van der Waals surface area contributed by atoms with Gasteiger partial charge in [-0.25, -0.2) is 0 Å². The van der Waals surface area contributed by atoms with Crippen molar-refractivity contribution in [1.82, 2.24) is 5.32 Å². The minimum atomic E-state index is 0.111. The Bertz CT molecular complexity index is 333. The highest BCUT2D eigenvalue weighted by Crippen LogP contribution is 2.62. The van der Waals surface area contributed by atoms with Crippen LogP contribution in [0, 0.1) is 16.7 Å². The molecule has 0 aromatic heterocycles. The number of hydrogen-bond acceptors (Lipinski definition) is 2. The molecule has 4 unspecified atom stereocenters. The van der Waals surface area contributed by atoms with E-state index in [0.29, 0.717) is 17.9 Å². The summed E-state index contributed by atoms with van der Waals surface area (Å²) in [6.45, 7) is 8.94. The van der Waals surface area contributed by atoms with Gasteiger partial charge in [0.1, 0.15) is 0 Å². The average molecular weight is 252 g/mol. The lowest BCUT2D eigenvalue weighted by atomic mass is 9.68. The van der Waals surface area contributed by atoms with E-state index in [1.165, 1.54) is 19.3 Å².